The van der Waals surface area contributed by atoms with E-state index in [-0.39, 0.29) is 22.9 Å². The summed E-state index contributed by atoms with van der Waals surface area (Å²) in [4.78, 5) is 13.1. The molecular weight excluding hydrogens is 452 g/mol. The number of halogens is 1. The lowest BCUT2D eigenvalue weighted by atomic mass is 10.2. The van der Waals surface area contributed by atoms with E-state index in [2.05, 4.69) is 5.32 Å². The molecule has 1 N–H and O–H groups in total. The van der Waals surface area contributed by atoms with Crippen LogP contribution in [0.3, 0.4) is 0 Å². The van der Waals surface area contributed by atoms with Crippen LogP contribution in [-0.2, 0) is 14.8 Å². The second-order valence-corrected chi connectivity index (χ2v) is 9.56. The molecule has 0 bridgehead atoms. The fraction of sp³-hybridized carbons (Fsp3) is 0.174. The van der Waals surface area contributed by atoms with Gasteiger partial charge in [0, 0.05) is 5.02 Å². The second kappa shape index (κ2) is 8.72. The molecule has 0 spiro atoms. The van der Waals surface area contributed by atoms with Crippen molar-refractivity contribution in [3.8, 4) is 11.5 Å². The lowest BCUT2D eigenvalue weighted by molar-refractivity contribution is -0.122. The fourth-order valence-corrected chi connectivity index (χ4v) is 5.02. The van der Waals surface area contributed by atoms with Gasteiger partial charge in [-0.05, 0) is 49.4 Å². The number of rotatable bonds is 5. The topological polar surface area (TPSA) is 84.9 Å². The van der Waals surface area contributed by atoms with Gasteiger partial charge in [0.2, 0.25) is 0 Å². The van der Waals surface area contributed by atoms with Crippen LogP contribution in [0.15, 0.2) is 71.6 Å². The first-order valence-electron chi connectivity index (χ1n) is 9.79. The van der Waals surface area contributed by atoms with Crippen molar-refractivity contribution in [1.29, 1.82) is 0 Å². The molecule has 166 valence electrons. The molecule has 7 nitrogen and oxygen atoms in total. The lowest BCUT2D eigenvalue weighted by Gasteiger charge is -2.35. The number of hydrogen-bond donors (Lipinski definition) is 1. The van der Waals surface area contributed by atoms with Crippen molar-refractivity contribution in [2.24, 2.45) is 0 Å². The minimum absolute atomic E-state index is 0.111. The van der Waals surface area contributed by atoms with Crippen LogP contribution in [0.2, 0.25) is 5.02 Å². The SMILES string of the molecule is COc1ccccc1NC(=O)[C@H]1CN(S(=O)(=O)c2ccc(C)cc2)c2cc(Cl)ccc2O1. The molecule has 4 rings (SSSR count). The smallest absolute Gasteiger partial charge is 0.267 e. The summed E-state index contributed by atoms with van der Waals surface area (Å²) in [5.74, 6) is 0.226. The van der Waals surface area contributed by atoms with Gasteiger partial charge in [-0.2, -0.15) is 0 Å². The molecule has 1 amide bonds. The van der Waals surface area contributed by atoms with E-state index in [0.29, 0.717) is 16.5 Å². The Labute approximate surface area is 191 Å². The van der Waals surface area contributed by atoms with Gasteiger partial charge in [0.25, 0.3) is 15.9 Å². The summed E-state index contributed by atoms with van der Waals surface area (Å²) in [6.45, 7) is 1.66. The van der Waals surface area contributed by atoms with E-state index in [4.69, 9.17) is 21.1 Å². The Morgan fingerprint density at radius 3 is 2.56 bits per heavy atom. The van der Waals surface area contributed by atoms with Gasteiger partial charge >= 0.3 is 0 Å². The van der Waals surface area contributed by atoms with Crippen LogP contribution < -0.4 is 19.1 Å². The predicted octanol–water partition coefficient (Wildman–Crippen LogP) is 4.25. The Morgan fingerprint density at radius 2 is 1.84 bits per heavy atom. The number of nitrogens with one attached hydrogen (secondary N) is 1. The molecule has 9 heteroatoms. The molecule has 3 aromatic rings. The Balaban J connectivity index is 1.70. The molecular formula is C23H21ClN2O5S. The Kier molecular flexibility index (Phi) is 5.99. The van der Waals surface area contributed by atoms with Crippen molar-refractivity contribution in [3.63, 3.8) is 0 Å². The minimum atomic E-state index is -3.97. The van der Waals surface area contributed by atoms with Crippen molar-refractivity contribution in [3.05, 3.63) is 77.3 Å². The van der Waals surface area contributed by atoms with Crippen LogP contribution in [0.4, 0.5) is 11.4 Å². The maximum Gasteiger partial charge on any atom is 0.267 e. The summed E-state index contributed by atoms with van der Waals surface area (Å²) in [5, 5.41) is 3.11. The van der Waals surface area contributed by atoms with Crippen LogP contribution in [0.25, 0.3) is 0 Å². The number of benzene rings is 3. The average Bonchev–Trinajstić information content (AvgIpc) is 2.79. The molecule has 0 radical (unpaired) electrons. The number of nitrogens with zero attached hydrogens (tertiary/aromatic N) is 1. The van der Waals surface area contributed by atoms with Crippen LogP contribution in [0, 0.1) is 6.92 Å². The Morgan fingerprint density at radius 1 is 1.12 bits per heavy atom. The third-order valence-corrected chi connectivity index (χ3v) is 7.09. The number of hydrogen-bond acceptors (Lipinski definition) is 5. The van der Waals surface area contributed by atoms with Gasteiger partial charge in [0.15, 0.2) is 6.10 Å². The number of fused-ring (bicyclic) bond motifs is 1. The van der Waals surface area contributed by atoms with E-state index in [9.17, 15) is 13.2 Å². The van der Waals surface area contributed by atoms with Crippen molar-refractivity contribution in [2.75, 3.05) is 23.3 Å². The van der Waals surface area contributed by atoms with Crippen molar-refractivity contribution >= 4 is 38.9 Å². The normalized spacial score (nSPS) is 15.5. The third-order valence-electron chi connectivity index (χ3n) is 5.06. The van der Waals surface area contributed by atoms with Crippen molar-refractivity contribution in [1.82, 2.24) is 0 Å². The Bertz CT molecular complexity index is 1260. The number of methoxy groups -OCH3 is 1. The van der Waals surface area contributed by atoms with E-state index in [1.165, 1.54) is 25.3 Å². The van der Waals surface area contributed by atoms with Crippen LogP contribution in [0.5, 0.6) is 11.5 Å². The van der Waals surface area contributed by atoms with Gasteiger partial charge in [-0.25, -0.2) is 8.42 Å². The Hall–Kier alpha value is -3.23. The monoisotopic (exact) mass is 472 g/mol. The van der Waals surface area contributed by atoms with Crippen molar-refractivity contribution in [2.45, 2.75) is 17.9 Å². The average molecular weight is 473 g/mol. The fourth-order valence-electron chi connectivity index (χ4n) is 3.39. The molecule has 0 aromatic heterocycles. The standard InChI is InChI=1S/C23H21ClN2O5S/c1-15-7-10-17(11-8-15)32(28,29)26-14-22(31-21-12-9-16(24)13-19(21)26)23(27)25-18-5-3-4-6-20(18)30-2/h3-13,22H,14H2,1-2H3,(H,25,27)/t22-/m1/s1. The lowest BCUT2D eigenvalue weighted by Crippen LogP contribution is -2.48. The maximum atomic E-state index is 13.5. The summed E-state index contributed by atoms with van der Waals surface area (Å²) in [6.07, 6.45) is -1.09. The van der Waals surface area contributed by atoms with Gasteiger partial charge in [-0.1, -0.05) is 41.4 Å². The van der Waals surface area contributed by atoms with Gasteiger partial charge in [0.1, 0.15) is 11.5 Å². The largest absolute Gasteiger partial charge is 0.495 e. The zero-order chi connectivity index (χ0) is 22.9. The highest BCUT2D eigenvalue weighted by Gasteiger charge is 2.38. The highest BCUT2D eigenvalue weighted by Crippen LogP contribution is 2.39. The van der Waals surface area contributed by atoms with E-state index in [1.54, 1.807) is 48.5 Å². The van der Waals surface area contributed by atoms with E-state index in [0.717, 1.165) is 9.87 Å². The highest BCUT2D eigenvalue weighted by molar-refractivity contribution is 7.92. The first kappa shape index (κ1) is 22.0. The summed E-state index contributed by atoms with van der Waals surface area (Å²) >= 11 is 6.13. The number of sulfonamides is 1. The van der Waals surface area contributed by atoms with Crippen molar-refractivity contribution < 1.29 is 22.7 Å². The highest BCUT2D eigenvalue weighted by atomic mass is 35.5. The summed E-state index contributed by atoms with van der Waals surface area (Å²) < 4.78 is 39.2. The molecule has 0 fully saturated rings. The maximum absolute atomic E-state index is 13.5. The molecule has 0 unspecified atom stereocenters. The van der Waals surface area contributed by atoms with Gasteiger partial charge < -0.3 is 14.8 Å². The van der Waals surface area contributed by atoms with E-state index >= 15 is 0 Å². The number of para-hydroxylation sites is 2. The molecule has 32 heavy (non-hydrogen) atoms. The second-order valence-electron chi connectivity index (χ2n) is 7.26. The zero-order valence-corrected chi connectivity index (χ0v) is 19.0. The van der Waals surface area contributed by atoms with Crippen LogP contribution in [0.1, 0.15) is 5.56 Å². The minimum Gasteiger partial charge on any atom is -0.495 e. The first-order valence-corrected chi connectivity index (χ1v) is 11.6. The van der Waals surface area contributed by atoms with Crippen LogP contribution in [-0.4, -0.2) is 34.1 Å². The molecule has 0 aliphatic carbocycles. The molecule has 1 heterocycles. The summed E-state index contributed by atoms with van der Waals surface area (Å²) in [5.41, 5.74) is 1.67. The molecule has 1 atom stereocenters. The number of carbonyl (C=O) groups is 1. The van der Waals surface area contributed by atoms with E-state index in [1.807, 2.05) is 6.92 Å². The quantitative estimate of drug-likeness (QED) is 0.600. The molecule has 3 aromatic carbocycles. The number of ether oxygens (including phenoxy) is 2. The number of carbonyl (C=O) groups excluding carboxylic acids is 1. The third kappa shape index (κ3) is 4.24. The number of amides is 1. The summed E-state index contributed by atoms with van der Waals surface area (Å²) in [7, 11) is -2.47. The van der Waals surface area contributed by atoms with E-state index < -0.39 is 22.0 Å². The molecule has 1 aliphatic rings. The zero-order valence-electron chi connectivity index (χ0n) is 17.4. The van der Waals surface area contributed by atoms with Gasteiger partial charge in [-0.3, -0.25) is 9.10 Å². The van der Waals surface area contributed by atoms with Gasteiger partial charge in [0.05, 0.1) is 29.9 Å². The molecule has 0 saturated carbocycles. The first-order chi connectivity index (χ1) is 15.3. The number of anilines is 2. The van der Waals surface area contributed by atoms with Crippen LogP contribution >= 0.6 is 11.6 Å². The molecule has 1 aliphatic heterocycles. The predicted molar refractivity (Wildman–Crippen MR) is 123 cm³/mol. The number of aryl methyl sites for hydroxylation is 1. The molecule has 0 saturated heterocycles. The van der Waals surface area contributed by atoms with Gasteiger partial charge in [-0.15, -0.1) is 0 Å². The summed E-state index contributed by atoms with van der Waals surface area (Å²) in [6, 6.07) is 18.1.